The van der Waals surface area contributed by atoms with Crippen molar-refractivity contribution in [2.24, 2.45) is 0 Å². The van der Waals surface area contributed by atoms with E-state index in [0.717, 1.165) is 5.69 Å². The zero-order chi connectivity index (χ0) is 14.1. The normalized spacial score (nSPS) is 19.5. The van der Waals surface area contributed by atoms with Crippen LogP contribution in [0.2, 0.25) is 0 Å². The van der Waals surface area contributed by atoms with Gasteiger partial charge >= 0.3 is 6.03 Å². The quantitative estimate of drug-likeness (QED) is 0.825. The Morgan fingerprint density at radius 3 is 2.05 bits per heavy atom. The monoisotopic (exact) mass is 273 g/mol. The highest BCUT2D eigenvalue weighted by atomic mass is 16.2. The van der Waals surface area contributed by atoms with Crippen molar-refractivity contribution in [3.05, 3.63) is 24.3 Å². The predicted molar refractivity (Wildman–Crippen MR) is 73.5 cm³/mol. The van der Waals surface area contributed by atoms with Gasteiger partial charge in [-0.15, -0.1) is 0 Å². The fourth-order valence-electron chi connectivity index (χ4n) is 2.54. The lowest BCUT2D eigenvalue weighted by Crippen LogP contribution is -2.40. The highest BCUT2D eigenvalue weighted by Gasteiger charge is 2.27. The summed E-state index contributed by atoms with van der Waals surface area (Å²) < 4.78 is 0. The lowest BCUT2D eigenvalue weighted by atomic mass is 10.1. The number of nitrogens with one attached hydrogen (secondary N) is 1. The topological polar surface area (TPSA) is 69.7 Å². The molecule has 0 aromatic heterocycles. The van der Waals surface area contributed by atoms with Crippen LogP contribution in [0.1, 0.15) is 19.3 Å². The van der Waals surface area contributed by atoms with Gasteiger partial charge in [0.2, 0.25) is 11.8 Å². The molecule has 4 amide bonds. The third-order valence-electron chi connectivity index (χ3n) is 3.56. The number of nitrogens with zero attached hydrogens (tertiary/aromatic N) is 2. The maximum absolute atomic E-state index is 11.8. The number of carbonyl (C=O) groups excluding carboxylic acids is 3. The molecule has 2 heterocycles. The van der Waals surface area contributed by atoms with Crippen LogP contribution in [-0.2, 0) is 9.59 Å². The first-order valence-electron chi connectivity index (χ1n) is 6.68. The van der Waals surface area contributed by atoms with Crippen LogP contribution in [0.25, 0.3) is 0 Å². The van der Waals surface area contributed by atoms with Crippen LogP contribution in [0.4, 0.5) is 16.2 Å². The van der Waals surface area contributed by atoms with Crippen LogP contribution >= 0.6 is 0 Å². The van der Waals surface area contributed by atoms with Crippen molar-refractivity contribution in [3.63, 3.8) is 0 Å². The van der Waals surface area contributed by atoms with E-state index in [1.165, 1.54) is 4.90 Å². The van der Waals surface area contributed by atoms with Crippen LogP contribution < -0.4 is 15.1 Å². The van der Waals surface area contributed by atoms with Gasteiger partial charge in [0.05, 0.1) is 5.69 Å². The zero-order valence-corrected chi connectivity index (χ0v) is 11.0. The van der Waals surface area contributed by atoms with Crippen LogP contribution in [0, 0.1) is 0 Å². The first-order valence-corrected chi connectivity index (χ1v) is 6.68. The Morgan fingerprint density at radius 1 is 0.900 bits per heavy atom. The molecule has 2 aliphatic rings. The van der Waals surface area contributed by atoms with Crippen molar-refractivity contribution in [3.8, 4) is 0 Å². The van der Waals surface area contributed by atoms with Gasteiger partial charge in [0.25, 0.3) is 0 Å². The van der Waals surface area contributed by atoms with Gasteiger partial charge < -0.3 is 5.32 Å². The molecule has 1 N–H and O–H groups in total. The summed E-state index contributed by atoms with van der Waals surface area (Å²) >= 11 is 0. The van der Waals surface area contributed by atoms with Gasteiger partial charge in [0.15, 0.2) is 0 Å². The van der Waals surface area contributed by atoms with Gasteiger partial charge in [-0.3, -0.25) is 19.4 Å². The van der Waals surface area contributed by atoms with Crippen molar-refractivity contribution < 1.29 is 14.4 Å². The molecule has 1 aromatic rings. The number of benzene rings is 1. The van der Waals surface area contributed by atoms with Crippen molar-refractivity contribution >= 4 is 29.2 Å². The predicted octanol–water partition coefficient (Wildman–Crippen LogP) is 1.26. The number of carbonyl (C=O) groups is 3. The van der Waals surface area contributed by atoms with Crippen molar-refractivity contribution in [1.29, 1.82) is 0 Å². The van der Waals surface area contributed by atoms with E-state index in [1.54, 1.807) is 29.2 Å². The molecule has 0 atom stereocenters. The summed E-state index contributed by atoms with van der Waals surface area (Å²) in [6.07, 6.45) is 1.43. The molecule has 0 radical (unpaired) electrons. The fourth-order valence-corrected chi connectivity index (χ4v) is 2.54. The summed E-state index contributed by atoms with van der Waals surface area (Å²) in [7, 11) is 0. The lowest BCUT2D eigenvalue weighted by Gasteiger charge is -2.25. The summed E-state index contributed by atoms with van der Waals surface area (Å²) in [5, 5.41) is 2.73. The lowest BCUT2D eigenvalue weighted by molar-refractivity contribution is -0.129. The molecule has 6 nitrogen and oxygen atoms in total. The minimum Gasteiger partial charge on any atom is -0.336 e. The summed E-state index contributed by atoms with van der Waals surface area (Å²) in [5.41, 5.74) is 1.34. The van der Waals surface area contributed by atoms with Gasteiger partial charge in [-0.1, -0.05) is 0 Å². The first-order chi connectivity index (χ1) is 9.66. The Morgan fingerprint density at radius 2 is 1.50 bits per heavy atom. The summed E-state index contributed by atoms with van der Waals surface area (Å²) in [5.74, 6) is -0.319. The number of hydrogen-bond donors (Lipinski definition) is 1. The molecule has 104 valence electrons. The molecule has 1 aromatic carbocycles. The average molecular weight is 273 g/mol. The van der Waals surface area contributed by atoms with Crippen LogP contribution in [0.5, 0.6) is 0 Å². The largest absolute Gasteiger partial charge is 0.336 e. The maximum Gasteiger partial charge on any atom is 0.321 e. The van der Waals surface area contributed by atoms with Gasteiger partial charge in [0, 0.05) is 31.6 Å². The van der Waals surface area contributed by atoms with Gasteiger partial charge in [-0.05, 0) is 30.7 Å². The molecular weight excluding hydrogens is 258 g/mol. The Balaban J connectivity index is 1.83. The average Bonchev–Trinajstić information content (AvgIpc) is 2.86. The third kappa shape index (κ3) is 2.13. The second-order valence-electron chi connectivity index (χ2n) is 4.88. The molecule has 2 saturated heterocycles. The summed E-state index contributed by atoms with van der Waals surface area (Å²) in [6, 6.07) is 6.82. The highest BCUT2D eigenvalue weighted by Crippen LogP contribution is 2.25. The van der Waals surface area contributed by atoms with Gasteiger partial charge in [0.1, 0.15) is 0 Å². The third-order valence-corrected chi connectivity index (χ3v) is 3.56. The molecule has 3 rings (SSSR count). The summed E-state index contributed by atoms with van der Waals surface area (Å²) in [4.78, 5) is 38.1. The van der Waals surface area contributed by atoms with Crippen molar-refractivity contribution in [2.45, 2.75) is 19.3 Å². The second kappa shape index (κ2) is 4.96. The van der Waals surface area contributed by atoms with E-state index in [0.29, 0.717) is 38.0 Å². The Kier molecular flexibility index (Phi) is 3.14. The number of anilines is 2. The molecule has 20 heavy (non-hydrogen) atoms. The molecule has 0 bridgehead atoms. The molecule has 0 spiro atoms. The number of imide groups is 1. The van der Waals surface area contributed by atoms with Crippen LogP contribution in [0.3, 0.4) is 0 Å². The number of urea groups is 1. The van der Waals surface area contributed by atoms with E-state index in [1.807, 2.05) is 0 Å². The summed E-state index contributed by atoms with van der Waals surface area (Å²) in [6.45, 7) is 1.25. The molecule has 6 heteroatoms. The maximum atomic E-state index is 11.8. The number of piperidine rings is 1. The Bertz CT molecular complexity index is 552. The molecule has 0 unspecified atom stereocenters. The van der Waals surface area contributed by atoms with E-state index in [9.17, 15) is 14.4 Å². The van der Waals surface area contributed by atoms with Gasteiger partial charge in [-0.2, -0.15) is 0 Å². The van der Waals surface area contributed by atoms with E-state index in [-0.39, 0.29) is 17.8 Å². The van der Waals surface area contributed by atoms with E-state index >= 15 is 0 Å². The SMILES string of the molecule is O=C1NCCN1c1ccc(N2C(=O)CCCC2=O)cc1. The fraction of sp³-hybridized carbons (Fsp3) is 0.357. The van der Waals surface area contributed by atoms with Crippen molar-refractivity contribution in [1.82, 2.24) is 5.32 Å². The van der Waals surface area contributed by atoms with Crippen LogP contribution in [-0.4, -0.2) is 30.9 Å². The molecule has 0 aliphatic carbocycles. The number of hydrogen-bond acceptors (Lipinski definition) is 3. The number of rotatable bonds is 2. The molecule has 2 fully saturated rings. The van der Waals surface area contributed by atoms with E-state index < -0.39 is 0 Å². The van der Waals surface area contributed by atoms with E-state index in [2.05, 4.69) is 5.32 Å². The Hall–Kier alpha value is -2.37. The van der Waals surface area contributed by atoms with E-state index in [4.69, 9.17) is 0 Å². The minimum atomic E-state index is -0.159. The minimum absolute atomic E-state index is 0.122. The molecular formula is C14H15N3O3. The first kappa shape index (κ1) is 12.7. The smallest absolute Gasteiger partial charge is 0.321 e. The molecule has 2 aliphatic heterocycles. The van der Waals surface area contributed by atoms with Gasteiger partial charge in [-0.25, -0.2) is 4.79 Å². The highest BCUT2D eigenvalue weighted by molar-refractivity contribution is 6.16. The second-order valence-corrected chi connectivity index (χ2v) is 4.88. The Labute approximate surface area is 116 Å². The number of amides is 4. The molecule has 0 saturated carbocycles. The van der Waals surface area contributed by atoms with Crippen molar-refractivity contribution in [2.75, 3.05) is 22.9 Å². The zero-order valence-electron chi connectivity index (χ0n) is 11.0. The van der Waals surface area contributed by atoms with Crippen LogP contribution in [0.15, 0.2) is 24.3 Å². The standard InChI is InChI=1S/C14H15N3O3/c18-12-2-1-3-13(19)17(12)11-6-4-10(5-7-11)16-9-8-15-14(16)20/h4-7H,1-3,8-9H2,(H,15,20).